The number of fused-ring (bicyclic) bond motifs is 2. The first-order valence-electron chi connectivity index (χ1n) is 11.2. The summed E-state index contributed by atoms with van der Waals surface area (Å²) in [6, 6.07) is 8.97. The number of hydrogen-bond acceptors (Lipinski definition) is 9. The van der Waals surface area contributed by atoms with E-state index in [9.17, 15) is 28.8 Å². The predicted molar refractivity (Wildman–Crippen MR) is 128 cm³/mol. The lowest BCUT2D eigenvalue weighted by Gasteiger charge is -2.20. The lowest BCUT2D eigenvalue weighted by molar-refractivity contribution is -0.146. The smallest absolute Gasteiger partial charge is 0.408 e. The fraction of sp³-hybridized carbons (Fsp3) is 0.308. The van der Waals surface area contributed by atoms with Crippen molar-refractivity contribution in [3.8, 4) is 0 Å². The van der Waals surface area contributed by atoms with Crippen LogP contribution in [-0.4, -0.2) is 67.4 Å². The Morgan fingerprint density at radius 2 is 1.49 bits per heavy atom. The van der Waals surface area contributed by atoms with Gasteiger partial charge in [-0.3, -0.25) is 14.4 Å². The second-order valence-electron chi connectivity index (χ2n) is 9.06. The highest BCUT2D eigenvalue weighted by atomic mass is 16.6. The molecule has 2 aromatic carbocycles. The van der Waals surface area contributed by atoms with Gasteiger partial charge < -0.3 is 24.8 Å². The third-order valence-electron chi connectivity index (χ3n) is 5.16. The Kier molecular flexibility index (Phi) is 8.06. The van der Waals surface area contributed by atoms with Crippen molar-refractivity contribution in [2.45, 2.75) is 32.4 Å². The number of methoxy groups -OCH3 is 1. The molecular weight excluding hydrogens is 484 g/mol. The van der Waals surface area contributed by atoms with E-state index in [1.165, 1.54) is 24.3 Å². The van der Waals surface area contributed by atoms with Gasteiger partial charge >= 0.3 is 18.0 Å². The van der Waals surface area contributed by atoms with Crippen LogP contribution in [-0.2, 0) is 23.8 Å². The van der Waals surface area contributed by atoms with Gasteiger partial charge in [-0.1, -0.05) is 24.3 Å². The minimum Gasteiger partial charge on any atom is -0.467 e. The van der Waals surface area contributed by atoms with E-state index >= 15 is 0 Å². The maximum absolute atomic E-state index is 12.9. The lowest BCUT2D eigenvalue weighted by Crippen LogP contribution is -2.49. The quantitative estimate of drug-likeness (QED) is 0.358. The van der Waals surface area contributed by atoms with Crippen LogP contribution < -0.4 is 10.6 Å². The van der Waals surface area contributed by atoms with Crippen molar-refractivity contribution in [2.24, 2.45) is 0 Å². The van der Waals surface area contributed by atoms with Gasteiger partial charge in [0.1, 0.15) is 18.8 Å². The average Bonchev–Trinajstić information content (AvgIpc) is 2.86. The molecule has 0 aromatic heterocycles. The molecule has 11 heteroatoms. The minimum absolute atomic E-state index is 0.0270. The normalized spacial score (nSPS) is 13.0. The number of amides is 2. The summed E-state index contributed by atoms with van der Waals surface area (Å²) < 4.78 is 14.8. The number of carbonyl (C=O) groups excluding carboxylic acids is 6. The molecule has 1 aliphatic rings. The first-order chi connectivity index (χ1) is 17.4. The highest BCUT2D eigenvalue weighted by molar-refractivity contribution is 6.28. The van der Waals surface area contributed by atoms with Crippen molar-refractivity contribution in [1.29, 1.82) is 0 Å². The van der Waals surface area contributed by atoms with E-state index in [1.54, 1.807) is 39.0 Å². The maximum Gasteiger partial charge on any atom is 0.408 e. The molecule has 0 unspecified atom stereocenters. The van der Waals surface area contributed by atoms with Crippen molar-refractivity contribution in [1.82, 2.24) is 10.6 Å². The molecule has 0 saturated carbocycles. The largest absolute Gasteiger partial charge is 0.467 e. The summed E-state index contributed by atoms with van der Waals surface area (Å²) in [6.45, 7) is 3.88. The topological polar surface area (TPSA) is 154 Å². The fourth-order valence-electron chi connectivity index (χ4n) is 3.49. The van der Waals surface area contributed by atoms with E-state index in [0.29, 0.717) is 0 Å². The number of esters is 2. The Labute approximate surface area is 212 Å². The molecule has 0 fully saturated rings. The van der Waals surface area contributed by atoms with Crippen LogP contribution in [0.2, 0.25) is 0 Å². The molecule has 37 heavy (non-hydrogen) atoms. The van der Waals surface area contributed by atoms with Crippen LogP contribution in [0.1, 0.15) is 63.0 Å². The monoisotopic (exact) mass is 510 g/mol. The fourth-order valence-corrected chi connectivity index (χ4v) is 3.49. The van der Waals surface area contributed by atoms with E-state index in [0.717, 1.165) is 7.11 Å². The van der Waals surface area contributed by atoms with Crippen molar-refractivity contribution < 1.29 is 43.0 Å². The van der Waals surface area contributed by atoms with E-state index in [-0.39, 0.29) is 33.6 Å². The van der Waals surface area contributed by atoms with Gasteiger partial charge in [0, 0.05) is 22.3 Å². The number of hydrogen-bond donors (Lipinski definition) is 2. The number of alkyl carbamates (subject to hydrolysis) is 1. The molecule has 3 rings (SSSR count). The molecule has 1 atom stereocenters. The van der Waals surface area contributed by atoms with Crippen LogP contribution in [0.15, 0.2) is 42.5 Å². The summed E-state index contributed by atoms with van der Waals surface area (Å²) in [5.41, 5.74) is -0.0454. The van der Waals surface area contributed by atoms with Gasteiger partial charge in [0.05, 0.1) is 12.7 Å². The second kappa shape index (κ2) is 11.0. The van der Waals surface area contributed by atoms with Gasteiger partial charge in [-0.2, -0.15) is 0 Å². The number of ether oxygens (including phenoxy) is 3. The lowest BCUT2D eigenvalue weighted by atomic mass is 9.83. The molecule has 2 amide bonds. The molecule has 0 radical (unpaired) electrons. The zero-order valence-electron chi connectivity index (χ0n) is 20.7. The van der Waals surface area contributed by atoms with Crippen molar-refractivity contribution >= 4 is 35.5 Å². The van der Waals surface area contributed by atoms with Gasteiger partial charge in [-0.05, 0) is 39.0 Å². The van der Waals surface area contributed by atoms with Crippen LogP contribution in [0.3, 0.4) is 0 Å². The van der Waals surface area contributed by atoms with Crippen molar-refractivity contribution in [3.63, 3.8) is 0 Å². The SMILES string of the molecule is COC(=O)[C@H](COC(=O)c1ccc2c(c1)C(=O)c1ccccc1C2=O)NC(=O)CNC(=O)OC(C)(C)C. The van der Waals surface area contributed by atoms with Gasteiger partial charge in [-0.25, -0.2) is 14.4 Å². The Hall–Kier alpha value is -4.54. The molecule has 2 aromatic rings. The molecule has 2 N–H and O–H groups in total. The van der Waals surface area contributed by atoms with Gasteiger partial charge in [0.2, 0.25) is 5.91 Å². The number of nitrogens with one attached hydrogen (secondary N) is 2. The average molecular weight is 510 g/mol. The standard InChI is InChI=1S/C26H26N2O9/c1-26(2,3)37-25(34)27-12-20(29)28-19(24(33)35-4)13-36-23(32)14-9-10-17-18(11-14)22(31)16-8-6-5-7-15(16)21(17)30/h5-11,19H,12-13H2,1-4H3,(H,27,34)(H,28,29)/t19-/m0/s1. The molecule has 194 valence electrons. The first-order valence-corrected chi connectivity index (χ1v) is 11.2. The molecule has 0 heterocycles. The molecule has 0 spiro atoms. The van der Waals surface area contributed by atoms with E-state index < -0.39 is 54.5 Å². The van der Waals surface area contributed by atoms with Crippen LogP contribution >= 0.6 is 0 Å². The zero-order valence-corrected chi connectivity index (χ0v) is 20.7. The summed E-state index contributed by atoms with van der Waals surface area (Å²) in [5.74, 6) is -3.28. The van der Waals surface area contributed by atoms with E-state index in [4.69, 9.17) is 9.47 Å². The summed E-state index contributed by atoms with van der Waals surface area (Å²) in [5, 5.41) is 4.55. The van der Waals surface area contributed by atoms with Crippen LogP contribution in [0.25, 0.3) is 0 Å². The van der Waals surface area contributed by atoms with Gasteiger partial charge in [0.25, 0.3) is 0 Å². The summed E-state index contributed by atoms with van der Waals surface area (Å²) in [7, 11) is 1.09. The third kappa shape index (κ3) is 6.57. The van der Waals surface area contributed by atoms with E-state index in [2.05, 4.69) is 15.4 Å². The van der Waals surface area contributed by atoms with Gasteiger partial charge in [-0.15, -0.1) is 0 Å². The van der Waals surface area contributed by atoms with Crippen molar-refractivity contribution in [2.75, 3.05) is 20.3 Å². The van der Waals surface area contributed by atoms with Crippen LogP contribution in [0.5, 0.6) is 0 Å². The Morgan fingerprint density at radius 1 is 0.892 bits per heavy atom. The highest BCUT2D eigenvalue weighted by Crippen LogP contribution is 2.28. The Balaban J connectivity index is 1.65. The summed E-state index contributed by atoms with van der Waals surface area (Å²) >= 11 is 0. The molecular formula is C26H26N2O9. The minimum atomic E-state index is -1.37. The molecule has 11 nitrogen and oxygen atoms in total. The van der Waals surface area contributed by atoms with Crippen molar-refractivity contribution in [3.05, 3.63) is 70.3 Å². The number of benzene rings is 2. The second-order valence-corrected chi connectivity index (χ2v) is 9.06. The zero-order chi connectivity index (χ0) is 27.3. The highest BCUT2D eigenvalue weighted by Gasteiger charge is 2.30. The molecule has 0 saturated heterocycles. The first kappa shape index (κ1) is 27.1. The number of carbonyl (C=O) groups is 6. The van der Waals surface area contributed by atoms with Crippen LogP contribution in [0.4, 0.5) is 4.79 Å². The third-order valence-corrected chi connectivity index (χ3v) is 5.16. The maximum atomic E-state index is 12.9. The van der Waals surface area contributed by atoms with Gasteiger partial charge in [0.15, 0.2) is 17.6 Å². The number of rotatable bonds is 7. The van der Waals surface area contributed by atoms with Crippen LogP contribution in [0, 0.1) is 0 Å². The Morgan fingerprint density at radius 3 is 2.08 bits per heavy atom. The molecule has 1 aliphatic carbocycles. The van der Waals surface area contributed by atoms with E-state index in [1.807, 2.05) is 0 Å². The molecule has 0 aliphatic heterocycles. The Bertz CT molecular complexity index is 1280. The predicted octanol–water partition coefficient (Wildman–Crippen LogP) is 1.80. The molecule has 0 bridgehead atoms. The summed E-state index contributed by atoms with van der Waals surface area (Å²) in [4.78, 5) is 74.2. The summed E-state index contributed by atoms with van der Waals surface area (Å²) in [6.07, 6.45) is -0.827. The number of ketones is 2.